The number of carbonyl (C=O) groups excluding carboxylic acids is 4. The van der Waals surface area contributed by atoms with Crippen molar-refractivity contribution in [2.24, 2.45) is 0 Å². The zero-order chi connectivity index (χ0) is 17.9. The van der Waals surface area contributed by atoms with Crippen molar-refractivity contribution in [3.05, 3.63) is 84.6 Å². The molecular weight excluding hydrogens is 488 g/mol. The summed E-state index contributed by atoms with van der Waals surface area (Å²) in [6.45, 7) is 2.72. The molecule has 0 aliphatic carbocycles. The number of Topliss-reactive ketones (excluding diaryl/α,β-unsaturated/α-hetero) is 4. The second-order valence-electron chi connectivity index (χ2n) is 4.97. The Hall–Kier alpha value is -1.64. The Bertz CT molecular complexity index is 650. The van der Waals surface area contributed by atoms with E-state index < -0.39 is 0 Å². The molecule has 27 heavy (non-hydrogen) atoms. The third-order valence-corrected chi connectivity index (χ3v) is 2.79. The summed E-state index contributed by atoms with van der Waals surface area (Å²) in [5.74, 6) is -0.904. The fourth-order valence-corrected chi connectivity index (χ4v) is 1.74. The second kappa shape index (κ2) is 16.5. The van der Waals surface area contributed by atoms with Gasteiger partial charge in [-0.05, 0) is 13.8 Å². The van der Waals surface area contributed by atoms with Crippen LogP contribution in [-0.2, 0) is 9.59 Å². The maximum Gasteiger partial charge on any atom is 3.00 e. The van der Waals surface area contributed by atoms with E-state index in [0.29, 0.717) is 11.1 Å². The maximum atomic E-state index is 11.2. The van der Waals surface area contributed by atoms with Gasteiger partial charge in [0, 0.05) is 11.6 Å². The molecule has 2 aromatic carbocycles. The first-order valence-corrected chi connectivity index (χ1v) is 7.29. The molecule has 0 saturated heterocycles. The van der Waals surface area contributed by atoms with E-state index in [0.717, 1.165) is 12.8 Å². The second-order valence-corrected chi connectivity index (χ2v) is 4.97. The Labute approximate surface area is 199 Å². The van der Waals surface area contributed by atoms with Crippen molar-refractivity contribution >= 4 is 23.1 Å². The van der Waals surface area contributed by atoms with Crippen LogP contribution < -0.4 is 0 Å². The molecule has 144 valence electrons. The fourth-order valence-electron chi connectivity index (χ4n) is 1.74. The minimum Gasteiger partial charge on any atom is -0.870 e. The molecule has 0 bridgehead atoms. The summed E-state index contributed by atoms with van der Waals surface area (Å²) >= 11 is 0. The maximum absolute atomic E-state index is 11.2. The first kappa shape index (κ1) is 30.1. The Morgan fingerprint density at radius 1 is 0.630 bits per heavy atom. The van der Waals surface area contributed by atoms with E-state index >= 15 is 0 Å². The molecule has 0 fully saturated rings. The predicted octanol–water partition coefficient (Wildman–Crippen LogP) is 2.32. The minimum absolute atomic E-state index is 0. The average Bonchev–Trinajstić information content (AvgIpc) is 2.56. The molecule has 0 unspecified atom stereocenters. The summed E-state index contributed by atoms with van der Waals surface area (Å²) in [5.41, 5.74) is 1.10. The fraction of sp³-hybridized carbons (Fsp3) is 0.100. The number of rotatable bonds is 6. The van der Waals surface area contributed by atoms with Crippen LogP contribution in [0.25, 0.3) is 0 Å². The van der Waals surface area contributed by atoms with Crippen LogP contribution in [0.5, 0.6) is 0 Å². The zero-order valence-corrected chi connectivity index (χ0v) is 17.3. The van der Waals surface area contributed by atoms with E-state index in [1.165, 1.54) is 13.8 Å². The smallest absolute Gasteiger partial charge is 0.870 e. The first-order chi connectivity index (χ1) is 11.4. The van der Waals surface area contributed by atoms with Crippen molar-refractivity contribution in [2.75, 3.05) is 0 Å². The Kier molecular flexibility index (Phi) is 18.4. The number of hydrogen-bond acceptors (Lipinski definition) is 5. The summed E-state index contributed by atoms with van der Waals surface area (Å²) in [6, 6.07) is 17.4. The van der Waals surface area contributed by atoms with Gasteiger partial charge in [-0.1, -0.05) is 36.4 Å². The Balaban J connectivity index is -0.000000384. The van der Waals surface area contributed by atoms with Crippen molar-refractivity contribution < 1.29 is 79.5 Å². The number of benzene rings is 2. The van der Waals surface area contributed by atoms with E-state index in [-0.39, 0.29) is 83.5 Å². The largest absolute Gasteiger partial charge is 3.00 e. The first-order valence-electron chi connectivity index (χ1n) is 7.29. The van der Waals surface area contributed by atoms with Crippen molar-refractivity contribution in [1.82, 2.24) is 0 Å². The molecule has 0 aliphatic heterocycles. The van der Waals surface area contributed by atoms with E-state index in [9.17, 15) is 19.2 Å². The van der Waals surface area contributed by atoms with E-state index in [4.69, 9.17) is 0 Å². The van der Waals surface area contributed by atoms with Crippen LogP contribution in [0.3, 0.4) is 0 Å². The van der Waals surface area contributed by atoms with Crippen LogP contribution in [0.1, 0.15) is 34.6 Å². The molecular formula is C20H21EuO6. The predicted molar refractivity (Wildman–Crippen MR) is 97.1 cm³/mol. The van der Waals surface area contributed by atoms with Gasteiger partial charge in [0.25, 0.3) is 0 Å². The van der Waals surface area contributed by atoms with Crippen LogP contribution >= 0.6 is 0 Å². The minimum atomic E-state index is -0.233. The molecule has 0 amide bonds. The number of hydrogen-bond donors (Lipinski definition) is 0. The van der Waals surface area contributed by atoms with Gasteiger partial charge < -0.3 is 30.1 Å². The van der Waals surface area contributed by atoms with Gasteiger partial charge in [0.2, 0.25) is 0 Å². The van der Waals surface area contributed by atoms with Crippen molar-refractivity contribution in [1.29, 1.82) is 0 Å². The molecule has 0 atom stereocenters. The van der Waals surface area contributed by atoms with Crippen molar-refractivity contribution in [3.8, 4) is 0 Å². The molecule has 3 N–H and O–H groups in total. The monoisotopic (exact) mass is 510 g/mol. The Morgan fingerprint density at radius 2 is 0.889 bits per heavy atom. The van der Waals surface area contributed by atoms with E-state index in [1.807, 2.05) is 12.1 Å². The molecule has 2 rings (SSSR count). The van der Waals surface area contributed by atoms with Crippen LogP contribution in [0.2, 0.25) is 0 Å². The van der Waals surface area contributed by atoms with Crippen LogP contribution in [-0.4, -0.2) is 34.1 Å². The summed E-state index contributed by atoms with van der Waals surface area (Å²) in [6.07, 6.45) is 2.19. The van der Waals surface area contributed by atoms with Gasteiger partial charge in [-0.15, -0.1) is 48.2 Å². The van der Waals surface area contributed by atoms with Crippen LogP contribution in [0.4, 0.5) is 0 Å². The van der Waals surface area contributed by atoms with E-state index in [2.05, 4.69) is 0 Å². The third kappa shape index (κ3) is 13.2. The molecule has 0 aliphatic rings. The molecule has 2 aromatic rings. The molecule has 7 heteroatoms. The average molecular weight is 509 g/mol. The normalized spacial score (nSPS) is 8.07. The Morgan fingerprint density at radius 3 is 1.11 bits per heavy atom. The summed E-state index contributed by atoms with van der Waals surface area (Å²) in [7, 11) is 0. The van der Waals surface area contributed by atoms with Crippen molar-refractivity contribution in [3.63, 3.8) is 0 Å². The summed E-state index contributed by atoms with van der Waals surface area (Å²) in [4.78, 5) is 43.5. The standard InChI is InChI=1S/2C10H9O2.Eu.2H2O/c2*1-8(11)7-10(12)9-5-3-2-4-6-9;;;/h2*2-7H,1H3;;2*1H2/q2*-1;+3;;/p-1. The molecule has 0 spiro atoms. The quantitative estimate of drug-likeness (QED) is 0.335. The molecule has 0 radical (unpaired) electrons. The topological polar surface area (TPSA) is 130 Å². The van der Waals surface area contributed by atoms with Gasteiger partial charge >= 0.3 is 49.4 Å². The molecule has 0 heterocycles. The van der Waals surface area contributed by atoms with Crippen molar-refractivity contribution in [2.45, 2.75) is 13.8 Å². The van der Waals surface area contributed by atoms with Crippen LogP contribution in [0.15, 0.2) is 60.7 Å². The molecule has 0 saturated carbocycles. The molecule has 0 aromatic heterocycles. The number of ketones is 4. The third-order valence-electron chi connectivity index (χ3n) is 2.79. The van der Waals surface area contributed by atoms with Gasteiger partial charge in [0.15, 0.2) is 0 Å². The number of carbonyl (C=O) groups is 4. The summed E-state index contributed by atoms with van der Waals surface area (Å²) < 4.78 is 0. The van der Waals surface area contributed by atoms with Gasteiger partial charge in [-0.2, -0.15) is 0 Å². The van der Waals surface area contributed by atoms with Gasteiger partial charge in [-0.3, -0.25) is 0 Å². The van der Waals surface area contributed by atoms with E-state index in [1.54, 1.807) is 48.5 Å². The SMILES string of the molecule is CC(=O)[CH-]C(=O)c1ccccc1.CC(=O)[CH-]C(=O)c1ccccc1.O.[Eu+3].[OH-]. The zero-order valence-electron chi connectivity index (χ0n) is 14.9. The molecule has 6 nitrogen and oxygen atoms in total. The van der Waals surface area contributed by atoms with Crippen LogP contribution in [0, 0.1) is 62.2 Å². The van der Waals surface area contributed by atoms with Gasteiger partial charge in [-0.25, -0.2) is 0 Å². The van der Waals surface area contributed by atoms with Gasteiger partial charge in [0.1, 0.15) is 0 Å². The summed E-state index contributed by atoms with van der Waals surface area (Å²) in [5, 5.41) is 0. The van der Waals surface area contributed by atoms with Gasteiger partial charge in [0.05, 0.1) is 11.6 Å².